The lowest BCUT2D eigenvalue weighted by molar-refractivity contribution is -0.134. The number of hydrazone groups is 1. The second kappa shape index (κ2) is 8.51. The van der Waals surface area contributed by atoms with Crippen molar-refractivity contribution in [2.75, 3.05) is 13.2 Å². The van der Waals surface area contributed by atoms with Gasteiger partial charge < -0.3 is 9.16 Å². The minimum Gasteiger partial charge on any atom is -0.474 e. The van der Waals surface area contributed by atoms with E-state index in [0.717, 1.165) is 0 Å². The van der Waals surface area contributed by atoms with Crippen molar-refractivity contribution in [3.63, 3.8) is 0 Å². The molecule has 0 aliphatic carbocycles. The van der Waals surface area contributed by atoms with Gasteiger partial charge in [0.2, 0.25) is 6.10 Å². The van der Waals surface area contributed by atoms with Crippen molar-refractivity contribution >= 4 is 43.1 Å². The summed E-state index contributed by atoms with van der Waals surface area (Å²) in [6.07, 6.45) is -0.137. The number of amides is 1. The van der Waals surface area contributed by atoms with Gasteiger partial charge in [-0.25, -0.2) is 5.01 Å². The summed E-state index contributed by atoms with van der Waals surface area (Å²) in [5, 5.41) is 6.92. The second-order valence-corrected chi connectivity index (χ2v) is 13.8. The van der Waals surface area contributed by atoms with Crippen LogP contribution in [-0.2, 0) is 9.22 Å². The first kappa shape index (κ1) is 22.2. The summed E-state index contributed by atoms with van der Waals surface area (Å²) in [5.74, 6) is 0.258. The van der Waals surface area contributed by atoms with Crippen LogP contribution in [0.15, 0.2) is 23.3 Å². The number of carbonyl (C=O) groups is 1. The predicted octanol–water partition coefficient (Wildman–Crippen LogP) is 5.37. The summed E-state index contributed by atoms with van der Waals surface area (Å²) < 4.78 is 12.0. The Hall–Kier alpha value is -1.08. The number of rotatable bonds is 7. The van der Waals surface area contributed by atoms with E-state index in [0.29, 0.717) is 41.1 Å². The maximum atomic E-state index is 12.8. The molecule has 0 spiro atoms. The van der Waals surface area contributed by atoms with E-state index in [1.165, 1.54) is 5.01 Å². The number of hydrogen-bond acceptors (Lipinski definition) is 4. The Kier molecular flexibility index (Phi) is 7.00. The van der Waals surface area contributed by atoms with Gasteiger partial charge >= 0.3 is 0 Å². The third-order valence-electron chi connectivity index (χ3n) is 5.05. The Morgan fingerprint density at radius 1 is 1.19 bits per heavy atom. The molecule has 1 amide bonds. The van der Waals surface area contributed by atoms with Crippen LogP contribution in [-0.4, -0.2) is 44.2 Å². The molecule has 8 heteroatoms. The van der Waals surface area contributed by atoms with Crippen molar-refractivity contribution < 1.29 is 14.0 Å². The van der Waals surface area contributed by atoms with Crippen molar-refractivity contribution in [3.05, 3.63) is 28.2 Å². The van der Waals surface area contributed by atoms with Gasteiger partial charge in [-0.05, 0) is 42.8 Å². The molecule has 0 bridgehead atoms. The number of carbonyl (C=O) groups excluding carboxylic acids is 1. The first-order chi connectivity index (χ1) is 12.4. The maximum Gasteiger partial charge on any atom is 0.289 e. The molecule has 0 saturated heterocycles. The fourth-order valence-electron chi connectivity index (χ4n) is 2.41. The molecule has 0 aromatic heterocycles. The summed E-state index contributed by atoms with van der Waals surface area (Å²) in [7, 11) is -1.86. The summed E-state index contributed by atoms with van der Waals surface area (Å²) in [6.45, 7) is 13.8. The molecule has 0 radical (unpaired) electrons. The zero-order chi connectivity index (χ0) is 20.4. The van der Waals surface area contributed by atoms with E-state index in [-0.39, 0.29) is 10.9 Å². The molecule has 5 nitrogen and oxygen atoms in total. The Morgan fingerprint density at radius 3 is 2.30 bits per heavy atom. The topological polar surface area (TPSA) is 51.1 Å². The van der Waals surface area contributed by atoms with E-state index in [2.05, 4.69) is 39.0 Å². The average Bonchev–Trinajstić information content (AvgIpc) is 2.81. The van der Waals surface area contributed by atoms with Gasteiger partial charge in [0.25, 0.3) is 5.91 Å². The minimum atomic E-state index is -1.86. The van der Waals surface area contributed by atoms with Gasteiger partial charge in [-0.3, -0.25) is 4.79 Å². The number of benzene rings is 1. The third-order valence-corrected chi connectivity index (χ3v) is 10.0. The van der Waals surface area contributed by atoms with E-state index in [1.54, 1.807) is 18.2 Å². The fraction of sp³-hybridized carbons (Fsp3) is 0.579. The number of nitrogens with zero attached hydrogens (tertiary/aromatic N) is 2. The second-order valence-electron chi connectivity index (χ2n) is 8.12. The molecule has 150 valence electrons. The van der Waals surface area contributed by atoms with Gasteiger partial charge in [0.05, 0.1) is 18.9 Å². The molecule has 1 aliphatic rings. The van der Waals surface area contributed by atoms with E-state index >= 15 is 0 Å². The van der Waals surface area contributed by atoms with Crippen LogP contribution in [0.1, 0.15) is 34.1 Å². The van der Waals surface area contributed by atoms with E-state index in [9.17, 15) is 4.79 Å². The Balaban J connectivity index is 2.03. The zero-order valence-electron chi connectivity index (χ0n) is 16.8. The lowest BCUT2D eigenvalue weighted by Crippen LogP contribution is -2.43. The standard InChI is InChI=1S/C19H28Cl2N2O3Si/c1-7-16-17(26-15-11-13(20)10-14(21)12-15)18(24)23(22-16)8-9-25-27(5,6)19(2,3)4/h10-12,17H,7-9H2,1-6H3. The van der Waals surface area contributed by atoms with Crippen LogP contribution in [0, 0.1) is 0 Å². The monoisotopic (exact) mass is 430 g/mol. The molecule has 1 atom stereocenters. The van der Waals surface area contributed by atoms with Crippen molar-refractivity contribution in [1.29, 1.82) is 0 Å². The molecule has 1 heterocycles. The molecule has 1 aromatic rings. The average molecular weight is 431 g/mol. The maximum absolute atomic E-state index is 12.8. The molecule has 1 aromatic carbocycles. The summed E-state index contributed by atoms with van der Waals surface area (Å²) >= 11 is 12.0. The summed E-state index contributed by atoms with van der Waals surface area (Å²) in [4.78, 5) is 12.8. The number of ether oxygens (including phenoxy) is 1. The van der Waals surface area contributed by atoms with Crippen LogP contribution in [0.5, 0.6) is 5.75 Å². The molecule has 2 rings (SSSR count). The van der Waals surface area contributed by atoms with E-state index < -0.39 is 14.4 Å². The van der Waals surface area contributed by atoms with Crippen molar-refractivity contribution in [1.82, 2.24) is 5.01 Å². The Labute approximate surface area is 172 Å². The summed E-state index contributed by atoms with van der Waals surface area (Å²) in [5.41, 5.74) is 0.684. The normalized spacial score (nSPS) is 18.1. The summed E-state index contributed by atoms with van der Waals surface area (Å²) in [6, 6.07) is 4.89. The van der Waals surface area contributed by atoms with Crippen LogP contribution >= 0.6 is 23.2 Å². The quantitative estimate of drug-likeness (QED) is 0.546. The molecule has 1 unspecified atom stereocenters. The highest BCUT2D eigenvalue weighted by Crippen LogP contribution is 2.36. The highest BCUT2D eigenvalue weighted by molar-refractivity contribution is 6.74. The van der Waals surface area contributed by atoms with Crippen molar-refractivity contribution in [2.24, 2.45) is 5.10 Å². The molecular formula is C19H28Cl2N2O3Si. The zero-order valence-corrected chi connectivity index (χ0v) is 19.3. The third kappa shape index (κ3) is 5.47. The van der Waals surface area contributed by atoms with Crippen molar-refractivity contribution in [3.8, 4) is 5.75 Å². The first-order valence-electron chi connectivity index (χ1n) is 9.10. The highest BCUT2D eigenvalue weighted by Gasteiger charge is 2.39. The van der Waals surface area contributed by atoms with Crippen LogP contribution < -0.4 is 4.74 Å². The number of halogens is 2. The first-order valence-corrected chi connectivity index (χ1v) is 12.8. The van der Waals surface area contributed by atoms with Crippen molar-refractivity contribution in [2.45, 2.75) is 58.4 Å². The lowest BCUT2D eigenvalue weighted by atomic mass is 10.1. The van der Waals surface area contributed by atoms with Crippen LogP contribution in [0.25, 0.3) is 0 Å². The molecule has 0 saturated carbocycles. The molecular weight excluding hydrogens is 403 g/mol. The smallest absolute Gasteiger partial charge is 0.289 e. The van der Waals surface area contributed by atoms with E-state index in [4.69, 9.17) is 32.4 Å². The minimum absolute atomic E-state index is 0.122. The molecule has 0 fully saturated rings. The molecule has 1 aliphatic heterocycles. The molecule has 27 heavy (non-hydrogen) atoms. The Bertz CT molecular complexity index is 712. The number of hydrogen-bond donors (Lipinski definition) is 0. The van der Waals surface area contributed by atoms with Crippen LogP contribution in [0.2, 0.25) is 28.2 Å². The van der Waals surface area contributed by atoms with Crippen LogP contribution in [0.3, 0.4) is 0 Å². The predicted molar refractivity (Wildman–Crippen MR) is 113 cm³/mol. The van der Waals surface area contributed by atoms with Gasteiger partial charge in [0, 0.05) is 10.0 Å². The lowest BCUT2D eigenvalue weighted by Gasteiger charge is -2.36. The van der Waals surface area contributed by atoms with Crippen LogP contribution in [0.4, 0.5) is 0 Å². The largest absolute Gasteiger partial charge is 0.474 e. The molecule has 0 N–H and O–H groups in total. The van der Waals surface area contributed by atoms with E-state index in [1.807, 2.05) is 6.92 Å². The van der Waals surface area contributed by atoms with Gasteiger partial charge in [-0.2, -0.15) is 5.10 Å². The van der Waals surface area contributed by atoms with Gasteiger partial charge in [-0.15, -0.1) is 0 Å². The highest BCUT2D eigenvalue weighted by atomic mass is 35.5. The van der Waals surface area contributed by atoms with Gasteiger partial charge in [-0.1, -0.05) is 50.9 Å². The SMILES string of the molecule is CCC1=NN(CCO[Si](C)(C)C(C)(C)C)C(=O)C1Oc1cc(Cl)cc(Cl)c1. The van der Waals surface area contributed by atoms with Gasteiger partial charge in [0.1, 0.15) is 5.75 Å². The fourth-order valence-corrected chi connectivity index (χ4v) is 3.95. The Morgan fingerprint density at radius 2 is 1.78 bits per heavy atom. The van der Waals surface area contributed by atoms with Gasteiger partial charge in [0.15, 0.2) is 8.32 Å².